The van der Waals surface area contributed by atoms with Crippen molar-refractivity contribution in [3.05, 3.63) is 11.8 Å². The summed E-state index contributed by atoms with van der Waals surface area (Å²) in [5.41, 5.74) is 1.12. The standard InChI is InChI=1S/C6H12N2.C2H6/c1-4-6(2)8-5-7-3;1-2/h4-5H,1-3H3,(H,7,8);1-2H3/b6-4-;. The average Bonchev–Trinajstić information content (AvgIpc) is 2.04. The molecular weight excluding hydrogens is 124 g/mol. The van der Waals surface area contributed by atoms with Crippen molar-refractivity contribution in [2.24, 2.45) is 4.99 Å². The van der Waals surface area contributed by atoms with Crippen LogP contribution in [-0.4, -0.2) is 13.4 Å². The fraction of sp³-hybridized carbons (Fsp3) is 0.625. The largest absolute Gasteiger partial charge is 0.351 e. The molecular formula is C8H18N2. The third-order valence-electron chi connectivity index (χ3n) is 0.854. The number of aliphatic imine (C=N–C) groups is 1. The number of rotatable bonds is 2. The van der Waals surface area contributed by atoms with Gasteiger partial charge in [-0.2, -0.15) is 0 Å². The number of nitrogens with zero attached hydrogens (tertiary/aromatic N) is 1. The molecule has 2 heteroatoms. The number of allylic oxidation sites excluding steroid dienone is 2. The van der Waals surface area contributed by atoms with Crippen molar-refractivity contribution in [3.8, 4) is 0 Å². The maximum atomic E-state index is 3.75. The molecule has 0 fully saturated rings. The highest BCUT2D eigenvalue weighted by atomic mass is 14.9. The van der Waals surface area contributed by atoms with E-state index < -0.39 is 0 Å². The van der Waals surface area contributed by atoms with E-state index in [4.69, 9.17) is 0 Å². The molecule has 0 heterocycles. The van der Waals surface area contributed by atoms with Crippen LogP contribution in [0, 0.1) is 0 Å². The minimum atomic E-state index is 1.12. The summed E-state index contributed by atoms with van der Waals surface area (Å²) in [7, 11) is 1.73. The van der Waals surface area contributed by atoms with E-state index in [0.29, 0.717) is 0 Å². The molecule has 0 saturated carbocycles. The van der Waals surface area contributed by atoms with Gasteiger partial charge in [-0.3, -0.25) is 4.99 Å². The lowest BCUT2D eigenvalue weighted by molar-refractivity contribution is 1.12. The minimum Gasteiger partial charge on any atom is -0.351 e. The summed E-state index contributed by atoms with van der Waals surface area (Å²) >= 11 is 0. The zero-order valence-corrected chi connectivity index (χ0v) is 7.60. The van der Waals surface area contributed by atoms with Gasteiger partial charge in [0.25, 0.3) is 0 Å². The molecule has 0 aliphatic heterocycles. The van der Waals surface area contributed by atoms with Gasteiger partial charge in [0.15, 0.2) is 0 Å². The maximum absolute atomic E-state index is 3.75. The highest BCUT2D eigenvalue weighted by molar-refractivity contribution is 5.56. The van der Waals surface area contributed by atoms with Gasteiger partial charge in [-0.15, -0.1) is 0 Å². The Balaban J connectivity index is 0. The smallest absolute Gasteiger partial charge is 0.0861 e. The molecule has 0 bridgehead atoms. The molecule has 0 aromatic carbocycles. The number of nitrogens with one attached hydrogen (secondary N) is 1. The van der Waals surface area contributed by atoms with Crippen molar-refractivity contribution in [3.63, 3.8) is 0 Å². The van der Waals surface area contributed by atoms with Gasteiger partial charge < -0.3 is 5.32 Å². The van der Waals surface area contributed by atoms with Crippen LogP contribution in [0.25, 0.3) is 0 Å². The first-order chi connectivity index (χ1) is 4.81. The molecule has 0 aliphatic carbocycles. The van der Waals surface area contributed by atoms with E-state index in [1.165, 1.54) is 0 Å². The lowest BCUT2D eigenvalue weighted by atomic mass is 10.5. The Morgan fingerprint density at radius 1 is 1.40 bits per heavy atom. The fourth-order valence-corrected chi connectivity index (χ4v) is 0.250. The molecule has 0 unspecified atom stereocenters. The van der Waals surface area contributed by atoms with E-state index in [1.54, 1.807) is 13.4 Å². The fourth-order valence-electron chi connectivity index (χ4n) is 0.250. The molecule has 10 heavy (non-hydrogen) atoms. The lowest BCUT2D eigenvalue weighted by Crippen LogP contribution is -2.06. The Kier molecular flexibility index (Phi) is 13.2. The second-order valence-electron chi connectivity index (χ2n) is 1.50. The summed E-state index contributed by atoms with van der Waals surface area (Å²) in [6, 6.07) is 0. The van der Waals surface area contributed by atoms with Gasteiger partial charge in [-0.05, 0) is 13.8 Å². The molecule has 0 aromatic heterocycles. The van der Waals surface area contributed by atoms with Crippen LogP contribution in [0.1, 0.15) is 27.7 Å². The molecule has 0 saturated heterocycles. The predicted octanol–water partition coefficient (Wildman–Crippen LogP) is 2.18. The van der Waals surface area contributed by atoms with Crippen LogP contribution in [0.2, 0.25) is 0 Å². The van der Waals surface area contributed by atoms with E-state index in [-0.39, 0.29) is 0 Å². The Bertz CT molecular complexity index is 104. The second-order valence-corrected chi connectivity index (χ2v) is 1.50. The highest BCUT2D eigenvalue weighted by Crippen LogP contribution is 1.79. The second kappa shape index (κ2) is 11.1. The van der Waals surface area contributed by atoms with Gasteiger partial charge in [0.2, 0.25) is 0 Å². The van der Waals surface area contributed by atoms with Crippen LogP contribution in [0.3, 0.4) is 0 Å². The Morgan fingerprint density at radius 2 is 1.90 bits per heavy atom. The van der Waals surface area contributed by atoms with Crippen molar-refractivity contribution >= 4 is 6.34 Å². The molecule has 1 N–H and O–H groups in total. The van der Waals surface area contributed by atoms with E-state index in [0.717, 1.165) is 5.70 Å². The topological polar surface area (TPSA) is 24.4 Å². The maximum Gasteiger partial charge on any atom is 0.0861 e. The van der Waals surface area contributed by atoms with Crippen molar-refractivity contribution in [1.82, 2.24) is 5.32 Å². The molecule has 0 radical (unpaired) electrons. The van der Waals surface area contributed by atoms with E-state index >= 15 is 0 Å². The summed E-state index contributed by atoms with van der Waals surface area (Å²) < 4.78 is 0. The lowest BCUT2D eigenvalue weighted by Gasteiger charge is -1.93. The van der Waals surface area contributed by atoms with E-state index in [9.17, 15) is 0 Å². The van der Waals surface area contributed by atoms with Crippen molar-refractivity contribution in [1.29, 1.82) is 0 Å². The van der Waals surface area contributed by atoms with E-state index in [1.807, 2.05) is 33.8 Å². The Morgan fingerprint density at radius 3 is 2.20 bits per heavy atom. The van der Waals surface area contributed by atoms with Crippen molar-refractivity contribution < 1.29 is 0 Å². The molecule has 60 valence electrons. The van der Waals surface area contributed by atoms with Crippen LogP contribution in [0.5, 0.6) is 0 Å². The summed E-state index contributed by atoms with van der Waals surface area (Å²) in [6.07, 6.45) is 3.65. The van der Waals surface area contributed by atoms with Gasteiger partial charge in [-0.1, -0.05) is 19.9 Å². The first-order valence-corrected chi connectivity index (χ1v) is 3.61. The predicted molar refractivity (Wildman–Crippen MR) is 48.3 cm³/mol. The molecule has 0 rings (SSSR count). The minimum absolute atomic E-state index is 1.12. The van der Waals surface area contributed by atoms with Gasteiger partial charge in [0, 0.05) is 12.7 Å². The molecule has 0 amide bonds. The van der Waals surface area contributed by atoms with Gasteiger partial charge >= 0.3 is 0 Å². The number of hydrogen-bond donors (Lipinski definition) is 1. The monoisotopic (exact) mass is 142 g/mol. The molecule has 0 aromatic rings. The third-order valence-corrected chi connectivity index (χ3v) is 0.854. The molecule has 0 aliphatic rings. The van der Waals surface area contributed by atoms with Gasteiger partial charge in [0.05, 0.1) is 6.34 Å². The Labute approximate surface area is 64.1 Å². The van der Waals surface area contributed by atoms with Crippen molar-refractivity contribution in [2.45, 2.75) is 27.7 Å². The zero-order chi connectivity index (χ0) is 8.41. The molecule has 2 nitrogen and oxygen atoms in total. The zero-order valence-electron chi connectivity index (χ0n) is 7.60. The summed E-state index contributed by atoms with van der Waals surface area (Å²) in [5, 5.41) is 2.95. The molecule has 0 spiro atoms. The van der Waals surface area contributed by atoms with E-state index in [2.05, 4.69) is 10.3 Å². The summed E-state index contributed by atoms with van der Waals surface area (Å²) in [4.78, 5) is 3.75. The highest BCUT2D eigenvalue weighted by Gasteiger charge is 1.74. The van der Waals surface area contributed by atoms with Gasteiger partial charge in [-0.25, -0.2) is 0 Å². The SMILES string of the molecule is C/C=C(/C)NC=NC.CC. The first kappa shape index (κ1) is 11.9. The summed E-state index contributed by atoms with van der Waals surface area (Å²) in [6.45, 7) is 7.97. The van der Waals surface area contributed by atoms with Crippen LogP contribution in [0.15, 0.2) is 16.8 Å². The third kappa shape index (κ3) is 10.2. The number of hydrogen-bond acceptors (Lipinski definition) is 1. The van der Waals surface area contributed by atoms with Crippen LogP contribution >= 0.6 is 0 Å². The van der Waals surface area contributed by atoms with Gasteiger partial charge in [0.1, 0.15) is 0 Å². The first-order valence-electron chi connectivity index (χ1n) is 3.61. The molecule has 0 atom stereocenters. The summed E-state index contributed by atoms with van der Waals surface area (Å²) in [5.74, 6) is 0. The van der Waals surface area contributed by atoms with Crippen molar-refractivity contribution in [2.75, 3.05) is 7.05 Å². The van der Waals surface area contributed by atoms with Crippen LogP contribution < -0.4 is 5.32 Å². The average molecular weight is 142 g/mol. The van der Waals surface area contributed by atoms with Crippen LogP contribution in [0.4, 0.5) is 0 Å². The Hall–Kier alpha value is -0.790. The van der Waals surface area contributed by atoms with Crippen LogP contribution in [-0.2, 0) is 0 Å². The normalized spacial score (nSPS) is 10.7. The quantitative estimate of drug-likeness (QED) is 0.464.